The first kappa shape index (κ1) is 17.4. The maximum atomic E-state index is 13.4. The molecule has 0 bridgehead atoms. The summed E-state index contributed by atoms with van der Waals surface area (Å²) in [6.45, 7) is 5.62. The molecule has 1 aromatic carbocycles. The second-order valence-corrected chi connectivity index (χ2v) is 6.89. The molecule has 28 heavy (non-hydrogen) atoms. The Kier molecular flexibility index (Phi) is 4.57. The molecule has 0 unspecified atom stereocenters. The van der Waals surface area contributed by atoms with E-state index in [0.29, 0.717) is 38.3 Å². The largest absolute Gasteiger partial charge is 0.378 e. The molecule has 148 valence electrons. The van der Waals surface area contributed by atoms with Gasteiger partial charge in [-0.25, -0.2) is 4.39 Å². The Morgan fingerprint density at radius 2 is 1.50 bits per heavy atom. The number of morpholine rings is 2. The minimum absolute atomic E-state index is 0.267. The molecule has 0 radical (unpaired) electrons. The number of benzene rings is 1. The van der Waals surface area contributed by atoms with E-state index in [4.69, 9.17) is 14.5 Å². The van der Waals surface area contributed by atoms with E-state index in [9.17, 15) is 4.39 Å². The molecule has 0 aromatic heterocycles. The summed E-state index contributed by atoms with van der Waals surface area (Å²) >= 11 is 0. The van der Waals surface area contributed by atoms with E-state index >= 15 is 0 Å². The summed E-state index contributed by atoms with van der Waals surface area (Å²) < 4.78 is 24.3. The second-order valence-electron chi connectivity index (χ2n) is 6.89. The zero-order valence-corrected chi connectivity index (χ0v) is 15.4. The maximum absolute atomic E-state index is 13.4. The van der Waals surface area contributed by atoms with Crippen molar-refractivity contribution in [2.24, 2.45) is 15.1 Å². The van der Waals surface area contributed by atoms with E-state index in [1.54, 1.807) is 12.1 Å². The van der Waals surface area contributed by atoms with Crippen LogP contribution >= 0.6 is 0 Å². The summed E-state index contributed by atoms with van der Waals surface area (Å²) in [5.74, 6) is 1.74. The van der Waals surface area contributed by atoms with Gasteiger partial charge in [-0.1, -0.05) is 12.1 Å². The van der Waals surface area contributed by atoms with Gasteiger partial charge in [-0.2, -0.15) is 9.98 Å². The molecule has 10 heteroatoms. The molecule has 4 aliphatic heterocycles. The summed E-state index contributed by atoms with van der Waals surface area (Å²) in [5.41, 5.74) is 4.02. The van der Waals surface area contributed by atoms with Crippen LogP contribution in [0.3, 0.4) is 0 Å². The van der Waals surface area contributed by atoms with Crippen molar-refractivity contribution in [3.05, 3.63) is 35.6 Å². The van der Waals surface area contributed by atoms with Crippen molar-refractivity contribution in [3.8, 4) is 0 Å². The second kappa shape index (κ2) is 7.36. The summed E-state index contributed by atoms with van der Waals surface area (Å²) in [7, 11) is 0. The van der Waals surface area contributed by atoms with E-state index in [1.165, 1.54) is 12.1 Å². The zero-order valence-electron chi connectivity index (χ0n) is 15.4. The van der Waals surface area contributed by atoms with Gasteiger partial charge < -0.3 is 19.3 Å². The molecule has 0 saturated carbocycles. The van der Waals surface area contributed by atoms with Crippen molar-refractivity contribution < 1.29 is 13.9 Å². The van der Waals surface area contributed by atoms with Crippen molar-refractivity contribution in [1.29, 1.82) is 0 Å². The quantitative estimate of drug-likeness (QED) is 0.751. The molecule has 1 atom stereocenters. The summed E-state index contributed by atoms with van der Waals surface area (Å²) in [6, 6.07) is 6.41. The van der Waals surface area contributed by atoms with E-state index in [2.05, 4.69) is 25.3 Å². The van der Waals surface area contributed by atoms with Crippen molar-refractivity contribution in [2.75, 3.05) is 52.6 Å². The monoisotopic (exact) mass is 387 g/mol. The number of nitrogens with zero attached hydrogens (tertiary/aromatic N) is 6. The van der Waals surface area contributed by atoms with Gasteiger partial charge in [0.2, 0.25) is 11.9 Å². The van der Waals surface area contributed by atoms with Gasteiger partial charge in [0.1, 0.15) is 5.82 Å². The number of hydrogen-bond acceptors (Lipinski definition) is 9. The summed E-state index contributed by atoms with van der Waals surface area (Å²) in [5, 5.41) is 4.44. The first-order chi connectivity index (χ1) is 13.8. The number of ether oxygens (including phenoxy) is 2. The van der Waals surface area contributed by atoms with E-state index < -0.39 is 0 Å². The van der Waals surface area contributed by atoms with Crippen LogP contribution in [0.4, 0.5) is 4.39 Å². The number of guanidine groups is 3. The third kappa shape index (κ3) is 3.18. The van der Waals surface area contributed by atoms with Crippen molar-refractivity contribution in [3.63, 3.8) is 0 Å². The van der Waals surface area contributed by atoms with Crippen LogP contribution in [-0.2, 0) is 9.47 Å². The van der Waals surface area contributed by atoms with E-state index in [1.807, 2.05) is 4.90 Å². The molecule has 1 aromatic rings. The molecule has 1 N–H and O–H groups in total. The molecule has 2 saturated heterocycles. The molecular weight excluding hydrogens is 365 g/mol. The number of nitrogens with one attached hydrogen (secondary N) is 1. The lowest BCUT2D eigenvalue weighted by atomic mass is 10.1. The van der Waals surface area contributed by atoms with Crippen molar-refractivity contribution in [2.45, 2.75) is 6.17 Å². The number of halogens is 1. The highest BCUT2D eigenvalue weighted by Gasteiger charge is 2.39. The molecule has 5 rings (SSSR count). The number of hydrogen-bond donors (Lipinski definition) is 1. The Bertz CT molecular complexity index is 814. The van der Waals surface area contributed by atoms with Gasteiger partial charge in [-0.15, -0.1) is 5.10 Å². The maximum Gasteiger partial charge on any atom is 0.254 e. The van der Waals surface area contributed by atoms with Gasteiger partial charge in [-0.3, -0.25) is 10.3 Å². The molecular formula is C18H22FN7O2. The van der Waals surface area contributed by atoms with Gasteiger partial charge in [0.05, 0.1) is 26.4 Å². The van der Waals surface area contributed by atoms with Crippen LogP contribution in [0.1, 0.15) is 11.7 Å². The molecule has 0 amide bonds. The number of fused-ring (bicyclic) bond motifs is 1. The van der Waals surface area contributed by atoms with Gasteiger partial charge in [0.25, 0.3) is 5.96 Å². The Hall–Kier alpha value is -2.72. The first-order valence-electron chi connectivity index (χ1n) is 9.50. The number of rotatable bonds is 1. The van der Waals surface area contributed by atoms with Crippen LogP contribution in [0.25, 0.3) is 0 Å². The van der Waals surface area contributed by atoms with E-state index in [-0.39, 0.29) is 12.0 Å². The van der Waals surface area contributed by atoms with Gasteiger partial charge >= 0.3 is 0 Å². The average molecular weight is 387 g/mol. The topological polar surface area (TPSA) is 77.3 Å². The van der Waals surface area contributed by atoms with Crippen LogP contribution in [0, 0.1) is 5.82 Å². The molecule has 0 aliphatic carbocycles. The number of hydrazone groups is 1. The van der Waals surface area contributed by atoms with Crippen molar-refractivity contribution >= 4 is 17.9 Å². The van der Waals surface area contributed by atoms with Crippen LogP contribution in [0.2, 0.25) is 0 Å². The normalized spacial score (nSPS) is 25.0. The van der Waals surface area contributed by atoms with Crippen LogP contribution < -0.4 is 5.43 Å². The molecule has 2 fully saturated rings. The van der Waals surface area contributed by atoms with Crippen molar-refractivity contribution in [1.82, 2.24) is 20.1 Å². The predicted octanol–water partition coefficient (Wildman–Crippen LogP) is 0.391. The summed E-state index contributed by atoms with van der Waals surface area (Å²) in [6.07, 6.45) is -0.285. The van der Waals surface area contributed by atoms with Gasteiger partial charge in [0, 0.05) is 26.2 Å². The van der Waals surface area contributed by atoms with Crippen LogP contribution in [-0.4, -0.2) is 85.2 Å². The van der Waals surface area contributed by atoms with Gasteiger partial charge in [-0.05, 0) is 17.7 Å². The Morgan fingerprint density at radius 3 is 2.18 bits per heavy atom. The zero-order chi connectivity index (χ0) is 18.9. The molecule has 4 aliphatic rings. The first-order valence-corrected chi connectivity index (χ1v) is 9.50. The van der Waals surface area contributed by atoms with E-state index in [0.717, 1.165) is 37.7 Å². The minimum atomic E-state index is -0.285. The molecule has 0 spiro atoms. The minimum Gasteiger partial charge on any atom is -0.378 e. The highest BCUT2D eigenvalue weighted by Crippen LogP contribution is 2.28. The highest BCUT2D eigenvalue weighted by molar-refractivity contribution is 6.12. The predicted molar refractivity (Wildman–Crippen MR) is 101 cm³/mol. The standard InChI is InChI=1S/C18H22FN7O2/c19-14-3-1-13(2-4-14)15-22-23-17-20-16(24-5-9-27-10-6-24)21-18(26(15)17)25-7-11-28-12-8-25/h1-4,15,22H,5-12H2/t15-/m1/s1. The lowest BCUT2D eigenvalue weighted by molar-refractivity contribution is 0.0619. The lowest BCUT2D eigenvalue weighted by Gasteiger charge is -2.39. The highest BCUT2D eigenvalue weighted by atomic mass is 19.1. The molecule has 9 nitrogen and oxygen atoms in total. The van der Waals surface area contributed by atoms with Crippen LogP contribution in [0.5, 0.6) is 0 Å². The fraction of sp³-hybridized carbons (Fsp3) is 0.500. The summed E-state index contributed by atoms with van der Waals surface area (Å²) in [4.78, 5) is 15.9. The Balaban J connectivity index is 1.49. The van der Waals surface area contributed by atoms with Gasteiger partial charge in [0.15, 0.2) is 6.17 Å². The third-order valence-electron chi connectivity index (χ3n) is 5.15. The molecule has 4 heterocycles. The fourth-order valence-corrected chi connectivity index (χ4v) is 3.65. The SMILES string of the molecule is Fc1ccc([C@@H]2NN=C3N=C(N4CCOCC4)N=C(N4CCOCC4)N32)cc1. The third-order valence-corrected chi connectivity index (χ3v) is 5.15. The fourth-order valence-electron chi connectivity index (χ4n) is 3.65. The Morgan fingerprint density at radius 1 is 0.857 bits per heavy atom. The van der Waals surface area contributed by atoms with Crippen LogP contribution in [0.15, 0.2) is 39.4 Å². The lowest BCUT2D eigenvalue weighted by Crippen LogP contribution is -2.54. The number of aliphatic imine (C=N–C) groups is 2. The average Bonchev–Trinajstić information content (AvgIpc) is 3.19. The Labute approximate surface area is 162 Å². The smallest absolute Gasteiger partial charge is 0.254 e.